The molecule has 0 saturated heterocycles. The summed E-state index contributed by atoms with van der Waals surface area (Å²) < 4.78 is 14.3. The molecule has 1 nitrogen and oxygen atoms in total. The third-order valence-corrected chi connectivity index (χ3v) is 8.48. The molecule has 16 heavy (non-hydrogen) atoms. The van der Waals surface area contributed by atoms with Crippen LogP contribution >= 0.6 is 18.5 Å². The second-order valence-corrected chi connectivity index (χ2v) is 8.90. The summed E-state index contributed by atoms with van der Waals surface area (Å²) in [6.45, 7) is 4.12. The van der Waals surface area contributed by atoms with E-state index in [4.69, 9.17) is 0 Å². The SMILES string of the molecule is CC(C)P1(=O)c2ccccc2-c2ccsc21. The highest BCUT2D eigenvalue weighted by atomic mass is 32.1. The molecule has 1 aromatic heterocycles. The van der Waals surface area contributed by atoms with E-state index in [0.717, 1.165) is 9.92 Å². The lowest BCUT2D eigenvalue weighted by atomic mass is 10.1. The van der Waals surface area contributed by atoms with E-state index in [1.807, 2.05) is 18.2 Å². The molecule has 0 amide bonds. The minimum atomic E-state index is -2.36. The van der Waals surface area contributed by atoms with Crippen LogP contribution in [-0.4, -0.2) is 5.66 Å². The van der Waals surface area contributed by atoms with Crippen molar-refractivity contribution in [3.63, 3.8) is 0 Å². The lowest BCUT2D eigenvalue weighted by Crippen LogP contribution is -2.15. The van der Waals surface area contributed by atoms with Gasteiger partial charge in [-0.3, -0.25) is 0 Å². The van der Waals surface area contributed by atoms with Gasteiger partial charge in [-0.15, -0.1) is 11.3 Å². The van der Waals surface area contributed by atoms with E-state index >= 15 is 0 Å². The van der Waals surface area contributed by atoms with Gasteiger partial charge >= 0.3 is 0 Å². The first-order valence-electron chi connectivity index (χ1n) is 5.43. The molecule has 3 rings (SSSR count). The van der Waals surface area contributed by atoms with Crippen LogP contribution in [0.2, 0.25) is 0 Å². The number of hydrogen-bond donors (Lipinski definition) is 0. The molecular weight excluding hydrogens is 235 g/mol. The van der Waals surface area contributed by atoms with Gasteiger partial charge in [0.05, 0.1) is 4.62 Å². The highest BCUT2D eigenvalue weighted by Crippen LogP contribution is 2.57. The smallest absolute Gasteiger partial charge is 0.156 e. The average Bonchev–Trinajstić information content (AvgIpc) is 2.83. The Hall–Kier alpha value is -0.850. The maximum Gasteiger partial charge on any atom is 0.156 e. The summed E-state index contributed by atoms with van der Waals surface area (Å²) in [6.07, 6.45) is 0. The van der Waals surface area contributed by atoms with Crippen LogP contribution in [0.15, 0.2) is 35.7 Å². The Morgan fingerprint density at radius 1 is 1.12 bits per heavy atom. The highest BCUT2D eigenvalue weighted by molar-refractivity contribution is 7.84. The van der Waals surface area contributed by atoms with Gasteiger partial charge < -0.3 is 4.57 Å². The van der Waals surface area contributed by atoms with Crippen molar-refractivity contribution in [2.75, 3.05) is 0 Å². The van der Waals surface area contributed by atoms with Crippen LogP contribution in [0.25, 0.3) is 11.1 Å². The van der Waals surface area contributed by atoms with Crippen LogP contribution < -0.4 is 9.92 Å². The third-order valence-electron chi connectivity index (χ3n) is 3.23. The molecule has 2 aromatic rings. The van der Waals surface area contributed by atoms with Crippen molar-refractivity contribution in [1.82, 2.24) is 0 Å². The molecule has 1 aliphatic heterocycles. The molecule has 1 atom stereocenters. The molecule has 0 saturated carbocycles. The first-order valence-corrected chi connectivity index (χ1v) is 8.09. The average molecular weight is 248 g/mol. The lowest BCUT2D eigenvalue weighted by Gasteiger charge is -2.17. The minimum Gasteiger partial charge on any atom is -0.312 e. The molecule has 82 valence electrons. The van der Waals surface area contributed by atoms with Gasteiger partial charge in [0.15, 0.2) is 7.14 Å². The largest absolute Gasteiger partial charge is 0.312 e. The van der Waals surface area contributed by atoms with Crippen molar-refractivity contribution in [1.29, 1.82) is 0 Å². The Labute approximate surface area is 99.5 Å². The van der Waals surface area contributed by atoms with E-state index in [0.29, 0.717) is 0 Å². The van der Waals surface area contributed by atoms with Crippen LogP contribution in [0, 0.1) is 0 Å². The van der Waals surface area contributed by atoms with Crippen LogP contribution in [-0.2, 0) is 4.57 Å². The number of rotatable bonds is 1. The standard InChI is InChI=1S/C13H13OPS/c1-9(2)15(14)12-6-4-3-5-10(12)11-7-8-16-13(11)15/h3-9H,1-2H3. The van der Waals surface area contributed by atoms with Crippen molar-refractivity contribution in [2.24, 2.45) is 0 Å². The first-order chi connectivity index (χ1) is 7.65. The zero-order chi connectivity index (χ0) is 11.3. The fourth-order valence-electron chi connectivity index (χ4n) is 2.38. The van der Waals surface area contributed by atoms with Gasteiger partial charge in [0.1, 0.15) is 0 Å². The Balaban J connectivity index is 2.42. The summed E-state index contributed by atoms with van der Waals surface area (Å²) in [6, 6.07) is 10.2. The maximum absolute atomic E-state index is 13.2. The van der Waals surface area contributed by atoms with Crippen LogP contribution in [0.1, 0.15) is 13.8 Å². The van der Waals surface area contributed by atoms with E-state index in [2.05, 4.69) is 31.4 Å². The highest BCUT2D eigenvalue weighted by Gasteiger charge is 2.41. The van der Waals surface area contributed by atoms with Crippen molar-refractivity contribution >= 4 is 28.4 Å². The Bertz CT molecular complexity index is 597. The summed E-state index contributed by atoms with van der Waals surface area (Å²) in [4.78, 5) is 0. The summed E-state index contributed by atoms with van der Waals surface area (Å²) in [5.74, 6) is 0. The molecule has 1 unspecified atom stereocenters. The second kappa shape index (κ2) is 3.32. The summed E-state index contributed by atoms with van der Waals surface area (Å²) in [7, 11) is -2.36. The summed E-state index contributed by atoms with van der Waals surface area (Å²) in [5, 5.41) is 3.11. The molecular formula is C13H13OPS. The Morgan fingerprint density at radius 3 is 2.62 bits per heavy atom. The number of fused-ring (bicyclic) bond motifs is 3. The molecule has 0 radical (unpaired) electrons. The summed E-state index contributed by atoms with van der Waals surface area (Å²) in [5.41, 5.74) is 2.56. The van der Waals surface area contributed by atoms with Gasteiger partial charge in [-0.25, -0.2) is 0 Å². The number of hydrogen-bond acceptors (Lipinski definition) is 2. The number of benzene rings is 1. The molecule has 0 spiro atoms. The quantitative estimate of drug-likeness (QED) is 0.706. The van der Waals surface area contributed by atoms with Gasteiger partial charge in [-0.05, 0) is 17.0 Å². The lowest BCUT2D eigenvalue weighted by molar-refractivity contribution is 0.582. The van der Waals surface area contributed by atoms with Crippen LogP contribution in [0.3, 0.4) is 0 Å². The molecule has 0 N–H and O–H groups in total. The second-order valence-electron chi connectivity index (χ2n) is 4.41. The normalized spacial score (nSPS) is 22.2. The van der Waals surface area contributed by atoms with E-state index in [-0.39, 0.29) is 5.66 Å². The van der Waals surface area contributed by atoms with Gasteiger partial charge in [0.2, 0.25) is 0 Å². The molecule has 3 heteroatoms. The van der Waals surface area contributed by atoms with Crippen LogP contribution in [0.5, 0.6) is 0 Å². The Kier molecular flexibility index (Phi) is 2.14. The van der Waals surface area contributed by atoms with Gasteiger partial charge in [-0.2, -0.15) is 0 Å². The van der Waals surface area contributed by atoms with Gasteiger partial charge in [0.25, 0.3) is 0 Å². The predicted molar refractivity (Wildman–Crippen MR) is 71.8 cm³/mol. The van der Waals surface area contributed by atoms with Crippen LogP contribution in [0.4, 0.5) is 0 Å². The van der Waals surface area contributed by atoms with Gasteiger partial charge in [0, 0.05) is 16.5 Å². The third kappa shape index (κ3) is 1.09. The van der Waals surface area contributed by atoms with E-state index in [1.54, 1.807) is 11.3 Å². The monoisotopic (exact) mass is 248 g/mol. The predicted octanol–water partition coefficient (Wildman–Crippen LogP) is 3.45. The van der Waals surface area contributed by atoms with E-state index in [1.165, 1.54) is 11.1 Å². The summed E-state index contributed by atoms with van der Waals surface area (Å²) >= 11 is 1.64. The molecule has 0 bridgehead atoms. The minimum absolute atomic E-state index is 0.188. The zero-order valence-electron chi connectivity index (χ0n) is 9.31. The fraction of sp³-hybridized carbons (Fsp3) is 0.231. The van der Waals surface area contributed by atoms with Crippen molar-refractivity contribution in [3.05, 3.63) is 35.7 Å². The zero-order valence-corrected chi connectivity index (χ0v) is 11.0. The van der Waals surface area contributed by atoms with E-state index in [9.17, 15) is 4.57 Å². The van der Waals surface area contributed by atoms with Crippen molar-refractivity contribution in [2.45, 2.75) is 19.5 Å². The maximum atomic E-state index is 13.2. The molecule has 0 aliphatic carbocycles. The fourth-order valence-corrected chi connectivity index (χ4v) is 7.41. The molecule has 1 aromatic carbocycles. The van der Waals surface area contributed by atoms with Gasteiger partial charge in [-0.1, -0.05) is 38.1 Å². The molecule has 0 fully saturated rings. The first kappa shape index (κ1) is 10.3. The molecule has 1 aliphatic rings. The number of thiophene rings is 1. The molecule has 2 heterocycles. The van der Waals surface area contributed by atoms with Crippen molar-refractivity contribution < 1.29 is 4.57 Å². The van der Waals surface area contributed by atoms with Crippen molar-refractivity contribution in [3.8, 4) is 11.1 Å². The topological polar surface area (TPSA) is 17.1 Å². The Morgan fingerprint density at radius 2 is 1.88 bits per heavy atom. The van der Waals surface area contributed by atoms with E-state index < -0.39 is 7.14 Å².